The third-order valence-electron chi connectivity index (χ3n) is 3.52. The highest BCUT2D eigenvalue weighted by Gasteiger charge is 2.23. The number of amides is 1. The molecule has 4 heteroatoms. The average Bonchev–Trinajstić information content (AvgIpc) is 2.51. The summed E-state index contributed by atoms with van der Waals surface area (Å²) in [5, 5.41) is 5.25. The second kappa shape index (κ2) is 7.15. The number of nitrogens with one attached hydrogen (secondary N) is 1. The van der Waals surface area contributed by atoms with Crippen LogP contribution in [0.4, 0.5) is 0 Å². The minimum absolute atomic E-state index is 0.131. The summed E-state index contributed by atoms with van der Waals surface area (Å²) < 4.78 is 5.89. The summed E-state index contributed by atoms with van der Waals surface area (Å²) in [4.78, 5) is 12.3. The Balaban J connectivity index is 2.30. The first-order valence-electron chi connectivity index (χ1n) is 7.92. The first-order chi connectivity index (χ1) is 11.2. The SMILES string of the molecule is C#Cc1ccc2ccc(OC(CC)C(=O)NC(C)(C)C)cc2c1Cl. The number of rotatable bonds is 4. The molecule has 2 aromatic carbocycles. The Morgan fingerprint density at radius 2 is 2.00 bits per heavy atom. The van der Waals surface area contributed by atoms with Crippen LogP contribution in [-0.4, -0.2) is 17.6 Å². The predicted octanol–water partition coefficient (Wildman–Crippen LogP) is 4.55. The Bertz CT molecular complexity index is 800. The molecule has 0 aliphatic rings. The molecule has 1 unspecified atom stereocenters. The minimum atomic E-state index is -0.559. The Morgan fingerprint density at radius 3 is 2.58 bits per heavy atom. The van der Waals surface area contributed by atoms with Crippen molar-refractivity contribution >= 4 is 28.3 Å². The molecule has 0 spiro atoms. The van der Waals surface area contributed by atoms with E-state index in [0.717, 1.165) is 10.8 Å². The van der Waals surface area contributed by atoms with Gasteiger partial charge in [-0.3, -0.25) is 4.79 Å². The van der Waals surface area contributed by atoms with Gasteiger partial charge < -0.3 is 10.1 Å². The standard InChI is InChI=1S/C20H22ClNO2/c1-6-13-8-9-14-10-11-15(12-16(14)18(13)21)24-17(7-2)19(23)22-20(3,4)5/h1,8-12,17H,7H2,2-5H3,(H,22,23). The van der Waals surface area contributed by atoms with Crippen molar-refractivity contribution in [1.29, 1.82) is 0 Å². The molecule has 126 valence electrons. The highest BCUT2D eigenvalue weighted by Crippen LogP contribution is 2.30. The van der Waals surface area contributed by atoms with Crippen LogP contribution in [-0.2, 0) is 4.79 Å². The number of fused-ring (bicyclic) bond motifs is 1. The van der Waals surface area contributed by atoms with Crippen LogP contribution < -0.4 is 10.1 Å². The highest BCUT2D eigenvalue weighted by atomic mass is 35.5. The maximum absolute atomic E-state index is 12.3. The number of benzene rings is 2. The lowest BCUT2D eigenvalue weighted by atomic mass is 10.1. The van der Waals surface area contributed by atoms with E-state index in [1.165, 1.54) is 0 Å². The Hall–Kier alpha value is -2.18. The summed E-state index contributed by atoms with van der Waals surface area (Å²) in [7, 11) is 0. The summed E-state index contributed by atoms with van der Waals surface area (Å²) in [6.45, 7) is 7.73. The van der Waals surface area contributed by atoms with Gasteiger partial charge in [-0.2, -0.15) is 0 Å². The molecule has 3 nitrogen and oxygen atoms in total. The molecule has 0 heterocycles. The smallest absolute Gasteiger partial charge is 0.261 e. The molecule has 0 radical (unpaired) electrons. The van der Waals surface area contributed by atoms with Gasteiger partial charge in [0.2, 0.25) is 0 Å². The molecule has 1 atom stereocenters. The van der Waals surface area contributed by atoms with Crippen LogP contribution in [0.3, 0.4) is 0 Å². The van der Waals surface area contributed by atoms with Crippen LogP contribution in [0.1, 0.15) is 39.7 Å². The van der Waals surface area contributed by atoms with Crippen molar-refractivity contribution in [3.63, 3.8) is 0 Å². The molecule has 1 N–H and O–H groups in total. The number of ether oxygens (including phenoxy) is 1. The zero-order valence-corrected chi connectivity index (χ0v) is 15.2. The monoisotopic (exact) mass is 343 g/mol. The van der Waals surface area contributed by atoms with Crippen molar-refractivity contribution in [2.45, 2.75) is 45.8 Å². The van der Waals surface area contributed by atoms with Gasteiger partial charge in [-0.15, -0.1) is 6.42 Å². The molecular weight excluding hydrogens is 322 g/mol. The largest absolute Gasteiger partial charge is 0.481 e. The van der Waals surface area contributed by atoms with Crippen molar-refractivity contribution < 1.29 is 9.53 Å². The molecular formula is C20H22ClNO2. The van der Waals surface area contributed by atoms with Gasteiger partial charge in [0.1, 0.15) is 5.75 Å². The normalized spacial score (nSPS) is 12.5. The topological polar surface area (TPSA) is 38.3 Å². The lowest BCUT2D eigenvalue weighted by molar-refractivity contribution is -0.129. The van der Waals surface area contributed by atoms with Crippen LogP contribution in [0.25, 0.3) is 10.8 Å². The van der Waals surface area contributed by atoms with Crippen LogP contribution in [0.2, 0.25) is 5.02 Å². The van der Waals surface area contributed by atoms with Crippen molar-refractivity contribution in [3.05, 3.63) is 40.9 Å². The van der Waals surface area contributed by atoms with E-state index in [0.29, 0.717) is 22.8 Å². The van der Waals surface area contributed by atoms with Gasteiger partial charge in [-0.25, -0.2) is 0 Å². The quantitative estimate of drug-likeness (QED) is 0.827. The third-order valence-corrected chi connectivity index (χ3v) is 3.93. The molecule has 24 heavy (non-hydrogen) atoms. The van der Waals surface area contributed by atoms with E-state index >= 15 is 0 Å². The second-order valence-corrected chi connectivity index (χ2v) is 7.09. The van der Waals surface area contributed by atoms with Gasteiger partial charge in [0.25, 0.3) is 5.91 Å². The molecule has 0 aliphatic heterocycles. The Labute approximate surface area is 148 Å². The fourth-order valence-electron chi connectivity index (χ4n) is 2.38. The maximum Gasteiger partial charge on any atom is 0.261 e. The molecule has 2 aromatic rings. The van der Waals surface area contributed by atoms with Gasteiger partial charge >= 0.3 is 0 Å². The lowest BCUT2D eigenvalue weighted by Gasteiger charge is -2.25. The van der Waals surface area contributed by atoms with Gasteiger partial charge in [-0.1, -0.05) is 36.6 Å². The summed E-state index contributed by atoms with van der Waals surface area (Å²) in [6.07, 6.45) is 5.47. The summed E-state index contributed by atoms with van der Waals surface area (Å²) in [6, 6.07) is 9.30. The van der Waals surface area contributed by atoms with Crippen molar-refractivity contribution in [2.75, 3.05) is 0 Å². The van der Waals surface area contributed by atoms with E-state index in [2.05, 4.69) is 11.2 Å². The van der Waals surface area contributed by atoms with Gasteiger partial charge in [0.15, 0.2) is 6.10 Å². The first-order valence-corrected chi connectivity index (χ1v) is 8.30. The predicted molar refractivity (Wildman–Crippen MR) is 99.5 cm³/mol. The zero-order chi connectivity index (χ0) is 17.9. The fraction of sp³-hybridized carbons (Fsp3) is 0.350. The first kappa shape index (κ1) is 18.2. The van der Waals surface area contributed by atoms with E-state index in [9.17, 15) is 4.79 Å². The van der Waals surface area contributed by atoms with Crippen LogP contribution >= 0.6 is 11.6 Å². The van der Waals surface area contributed by atoms with E-state index in [4.69, 9.17) is 22.8 Å². The van der Waals surface area contributed by atoms with Crippen LogP contribution in [0, 0.1) is 12.3 Å². The van der Waals surface area contributed by atoms with Crippen LogP contribution in [0.5, 0.6) is 5.75 Å². The van der Waals surface area contributed by atoms with E-state index in [1.807, 2.05) is 58.0 Å². The Kier molecular flexibility index (Phi) is 5.41. The molecule has 0 aromatic heterocycles. The molecule has 0 saturated heterocycles. The lowest BCUT2D eigenvalue weighted by Crippen LogP contribution is -2.47. The zero-order valence-electron chi connectivity index (χ0n) is 14.4. The number of carbonyl (C=O) groups is 1. The summed E-state index contributed by atoms with van der Waals surface area (Å²) in [5.74, 6) is 3.03. The number of halogens is 1. The van der Waals surface area contributed by atoms with E-state index in [1.54, 1.807) is 0 Å². The fourth-order valence-corrected chi connectivity index (χ4v) is 2.66. The molecule has 0 saturated carbocycles. The van der Waals surface area contributed by atoms with E-state index in [-0.39, 0.29) is 11.4 Å². The number of terminal acetylenes is 1. The average molecular weight is 344 g/mol. The van der Waals surface area contributed by atoms with Crippen LogP contribution in [0.15, 0.2) is 30.3 Å². The van der Waals surface area contributed by atoms with Crippen molar-refractivity contribution in [3.8, 4) is 18.1 Å². The molecule has 0 bridgehead atoms. The van der Waals surface area contributed by atoms with Gasteiger partial charge in [-0.05, 0) is 50.8 Å². The number of carbonyl (C=O) groups excluding carboxylic acids is 1. The second-order valence-electron chi connectivity index (χ2n) is 6.71. The van der Waals surface area contributed by atoms with Gasteiger partial charge in [0, 0.05) is 16.5 Å². The molecule has 0 aliphatic carbocycles. The highest BCUT2D eigenvalue weighted by molar-refractivity contribution is 6.36. The van der Waals surface area contributed by atoms with E-state index < -0.39 is 6.10 Å². The Morgan fingerprint density at radius 1 is 1.33 bits per heavy atom. The molecule has 1 amide bonds. The summed E-state index contributed by atoms with van der Waals surface area (Å²) in [5.41, 5.74) is 0.334. The maximum atomic E-state index is 12.3. The van der Waals surface area contributed by atoms with Gasteiger partial charge in [0.05, 0.1) is 5.02 Å². The molecule has 2 rings (SSSR count). The third kappa shape index (κ3) is 4.21. The van der Waals surface area contributed by atoms with Crippen molar-refractivity contribution in [1.82, 2.24) is 5.32 Å². The van der Waals surface area contributed by atoms with Crippen molar-refractivity contribution in [2.24, 2.45) is 0 Å². The minimum Gasteiger partial charge on any atom is -0.481 e. The number of hydrogen-bond donors (Lipinski definition) is 1. The molecule has 0 fully saturated rings. The number of hydrogen-bond acceptors (Lipinski definition) is 2. The summed E-state index contributed by atoms with van der Waals surface area (Å²) >= 11 is 6.36.